The van der Waals surface area contributed by atoms with Crippen LogP contribution in [0.5, 0.6) is 5.75 Å². The lowest BCUT2D eigenvalue weighted by Crippen LogP contribution is -2.14. The number of carbonyl (C=O) groups excluding carboxylic acids is 1. The zero-order chi connectivity index (χ0) is 15.2. The highest BCUT2D eigenvalue weighted by atomic mass is 16.5. The summed E-state index contributed by atoms with van der Waals surface area (Å²) >= 11 is 0. The molecule has 2 aromatic heterocycles. The Balaban J connectivity index is 1.68. The normalized spacial score (nSPS) is 10.2. The fourth-order valence-corrected chi connectivity index (χ4v) is 1.94. The maximum atomic E-state index is 12.2. The van der Waals surface area contributed by atoms with Crippen molar-refractivity contribution in [3.05, 3.63) is 78.4 Å². The van der Waals surface area contributed by atoms with Gasteiger partial charge in [0.2, 0.25) is 0 Å². The van der Waals surface area contributed by atoms with E-state index in [-0.39, 0.29) is 18.3 Å². The minimum Gasteiger partial charge on any atom is -0.489 e. The number of pyridine rings is 1. The maximum absolute atomic E-state index is 12.2. The van der Waals surface area contributed by atoms with Gasteiger partial charge in [-0.25, -0.2) is 4.98 Å². The topological polar surface area (TPSA) is 64.4 Å². The molecule has 0 aliphatic carbocycles. The summed E-state index contributed by atoms with van der Waals surface area (Å²) in [6.07, 6.45) is 3.08. The average molecular weight is 294 g/mol. The van der Waals surface area contributed by atoms with Crippen LogP contribution in [0.25, 0.3) is 0 Å². The van der Waals surface area contributed by atoms with Gasteiger partial charge in [0.1, 0.15) is 18.2 Å². The van der Waals surface area contributed by atoms with E-state index in [0.717, 1.165) is 5.75 Å². The van der Waals surface area contributed by atoms with Gasteiger partial charge in [-0.2, -0.15) is 0 Å². The fourth-order valence-electron chi connectivity index (χ4n) is 1.94. The van der Waals surface area contributed by atoms with Crippen LogP contribution in [-0.2, 0) is 6.61 Å². The summed E-state index contributed by atoms with van der Waals surface area (Å²) in [5, 5.41) is 2.68. The van der Waals surface area contributed by atoms with E-state index >= 15 is 0 Å². The molecule has 1 N–H and O–H groups in total. The third kappa shape index (κ3) is 3.32. The van der Waals surface area contributed by atoms with Crippen LogP contribution in [0, 0.1) is 0 Å². The summed E-state index contributed by atoms with van der Waals surface area (Å²) < 4.78 is 10.9. The van der Waals surface area contributed by atoms with Crippen molar-refractivity contribution in [2.45, 2.75) is 6.61 Å². The number of amides is 1. The van der Waals surface area contributed by atoms with E-state index in [0.29, 0.717) is 11.4 Å². The van der Waals surface area contributed by atoms with E-state index in [2.05, 4.69) is 10.3 Å². The number of para-hydroxylation sites is 1. The van der Waals surface area contributed by atoms with Crippen molar-refractivity contribution in [2.24, 2.45) is 0 Å². The van der Waals surface area contributed by atoms with Gasteiger partial charge in [0.15, 0.2) is 5.76 Å². The summed E-state index contributed by atoms with van der Waals surface area (Å²) in [6, 6.07) is 16.4. The smallest absolute Gasteiger partial charge is 0.292 e. The van der Waals surface area contributed by atoms with Gasteiger partial charge in [0.25, 0.3) is 5.91 Å². The first-order valence-electron chi connectivity index (χ1n) is 6.79. The molecule has 5 heteroatoms. The first-order valence-corrected chi connectivity index (χ1v) is 6.79. The molecule has 22 heavy (non-hydrogen) atoms. The van der Waals surface area contributed by atoms with E-state index < -0.39 is 0 Å². The predicted molar refractivity (Wildman–Crippen MR) is 81.7 cm³/mol. The quantitative estimate of drug-likeness (QED) is 0.782. The van der Waals surface area contributed by atoms with Crippen LogP contribution in [0.2, 0.25) is 0 Å². The molecule has 3 aromatic rings. The van der Waals surface area contributed by atoms with Crippen LogP contribution in [-0.4, -0.2) is 10.9 Å². The summed E-state index contributed by atoms with van der Waals surface area (Å²) in [5.74, 6) is 1.08. The number of nitrogens with zero attached hydrogens (tertiary/aromatic N) is 1. The van der Waals surface area contributed by atoms with Gasteiger partial charge in [0, 0.05) is 11.8 Å². The minimum absolute atomic E-state index is 0.224. The monoisotopic (exact) mass is 294 g/mol. The molecule has 0 bridgehead atoms. The standard InChI is InChI=1S/C17H14N2O3/c20-17(19-15-8-4-5-10-18-15)16-13(9-11-21-16)12-22-14-6-2-1-3-7-14/h1-11H,12H2,(H,18,19,20). The van der Waals surface area contributed by atoms with E-state index in [1.54, 1.807) is 30.5 Å². The Morgan fingerprint density at radius 2 is 1.91 bits per heavy atom. The number of ether oxygens (including phenoxy) is 1. The number of benzene rings is 1. The van der Waals surface area contributed by atoms with Crippen molar-refractivity contribution in [2.75, 3.05) is 5.32 Å². The molecule has 0 aliphatic heterocycles. The maximum Gasteiger partial charge on any atom is 0.292 e. The molecule has 1 amide bonds. The molecule has 0 radical (unpaired) electrons. The summed E-state index contributed by atoms with van der Waals surface area (Å²) in [7, 11) is 0. The number of carbonyl (C=O) groups is 1. The van der Waals surface area contributed by atoms with E-state index in [1.807, 2.05) is 30.3 Å². The number of nitrogens with one attached hydrogen (secondary N) is 1. The molecule has 0 spiro atoms. The zero-order valence-corrected chi connectivity index (χ0v) is 11.7. The number of aromatic nitrogens is 1. The molecule has 0 atom stereocenters. The highest BCUT2D eigenvalue weighted by Crippen LogP contribution is 2.16. The van der Waals surface area contributed by atoms with Gasteiger partial charge < -0.3 is 14.5 Å². The molecule has 0 unspecified atom stereocenters. The van der Waals surface area contributed by atoms with Crippen molar-refractivity contribution in [3.8, 4) is 5.75 Å². The minimum atomic E-state index is -0.352. The van der Waals surface area contributed by atoms with Crippen molar-refractivity contribution < 1.29 is 13.9 Å². The molecule has 0 saturated heterocycles. The fraction of sp³-hybridized carbons (Fsp3) is 0.0588. The average Bonchev–Trinajstić information content (AvgIpc) is 3.03. The molecule has 0 fully saturated rings. The molecule has 5 nitrogen and oxygen atoms in total. The SMILES string of the molecule is O=C(Nc1ccccn1)c1occc1COc1ccccc1. The number of hydrogen-bond donors (Lipinski definition) is 1. The van der Waals surface area contributed by atoms with Gasteiger partial charge in [-0.3, -0.25) is 4.79 Å². The van der Waals surface area contributed by atoms with Crippen molar-refractivity contribution in [1.29, 1.82) is 0 Å². The molecule has 3 rings (SSSR count). The number of hydrogen-bond acceptors (Lipinski definition) is 4. The van der Waals surface area contributed by atoms with Crippen molar-refractivity contribution >= 4 is 11.7 Å². The van der Waals surface area contributed by atoms with E-state index in [1.165, 1.54) is 6.26 Å². The van der Waals surface area contributed by atoms with Crippen LogP contribution in [0.3, 0.4) is 0 Å². The Morgan fingerprint density at radius 1 is 1.09 bits per heavy atom. The van der Waals surface area contributed by atoms with Crippen LogP contribution in [0.15, 0.2) is 71.5 Å². The van der Waals surface area contributed by atoms with Gasteiger partial charge in [-0.05, 0) is 30.3 Å². The first kappa shape index (κ1) is 13.9. The highest BCUT2D eigenvalue weighted by molar-refractivity contribution is 6.02. The summed E-state index contributed by atoms with van der Waals surface area (Å²) in [4.78, 5) is 16.3. The summed E-state index contributed by atoms with van der Waals surface area (Å²) in [6.45, 7) is 0.255. The van der Waals surface area contributed by atoms with Crippen molar-refractivity contribution in [3.63, 3.8) is 0 Å². The Bertz CT molecular complexity index is 739. The molecule has 110 valence electrons. The second kappa shape index (κ2) is 6.58. The number of rotatable bonds is 5. The van der Waals surface area contributed by atoms with Crippen LogP contribution in [0.4, 0.5) is 5.82 Å². The first-order chi connectivity index (χ1) is 10.8. The Hall–Kier alpha value is -3.08. The third-order valence-corrected chi connectivity index (χ3v) is 3.00. The Morgan fingerprint density at radius 3 is 2.68 bits per heavy atom. The van der Waals surface area contributed by atoms with Gasteiger partial charge in [-0.15, -0.1) is 0 Å². The van der Waals surface area contributed by atoms with Gasteiger partial charge >= 0.3 is 0 Å². The van der Waals surface area contributed by atoms with E-state index in [9.17, 15) is 4.79 Å². The molecule has 1 aromatic carbocycles. The summed E-state index contributed by atoms with van der Waals surface area (Å²) in [5.41, 5.74) is 0.678. The Labute approximate surface area is 127 Å². The third-order valence-electron chi connectivity index (χ3n) is 3.00. The zero-order valence-electron chi connectivity index (χ0n) is 11.7. The molecule has 0 saturated carbocycles. The number of anilines is 1. The second-order valence-electron chi connectivity index (χ2n) is 4.55. The molecular formula is C17H14N2O3. The van der Waals surface area contributed by atoms with Gasteiger partial charge in [-0.1, -0.05) is 24.3 Å². The predicted octanol–water partition coefficient (Wildman–Crippen LogP) is 3.51. The van der Waals surface area contributed by atoms with Crippen LogP contribution in [0.1, 0.15) is 16.1 Å². The number of furan rings is 1. The lowest BCUT2D eigenvalue weighted by atomic mass is 10.2. The second-order valence-corrected chi connectivity index (χ2v) is 4.55. The highest BCUT2D eigenvalue weighted by Gasteiger charge is 2.16. The molecule has 2 heterocycles. The molecular weight excluding hydrogens is 280 g/mol. The Kier molecular flexibility index (Phi) is 4.15. The van der Waals surface area contributed by atoms with E-state index in [4.69, 9.17) is 9.15 Å². The lowest BCUT2D eigenvalue weighted by molar-refractivity contribution is 0.0993. The van der Waals surface area contributed by atoms with Crippen molar-refractivity contribution in [1.82, 2.24) is 4.98 Å². The molecule has 0 aliphatic rings. The van der Waals surface area contributed by atoms with Crippen LogP contribution < -0.4 is 10.1 Å². The largest absolute Gasteiger partial charge is 0.489 e. The van der Waals surface area contributed by atoms with Gasteiger partial charge in [0.05, 0.1) is 6.26 Å². The lowest BCUT2D eigenvalue weighted by Gasteiger charge is -2.06. The van der Waals surface area contributed by atoms with Crippen LogP contribution >= 0.6 is 0 Å².